The van der Waals surface area contributed by atoms with Gasteiger partial charge in [-0.3, -0.25) is 4.79 Å². The molecule has 0 radical (unpaired) electrons. The topological polar surface area (TPSA) is 22.0 Å². The Morgan fingerprint density at radius 1 is 1.46 bits per heavy atom. The lowest BCUT2D eigenvalue weighted by Crippen LogP contribution is -2.24. The molecule has 72 valence electrons. The van der Waals surface area contributed by atoms with E-state index in [9.17, 15) is 4.79 Å². The minimum absolute atomic E-state index is 0.156. The standard InChI is InChI=1S/C11H17NO/c1-5-10-6-9(4)7-12(8(2)3)11(10)13/h6-8H,5H2,1-4H3. The lowest BCUT2D eigenvalue weighted by Gasteiger charge is -2.12. The Morgan fingerprint density at radius 2 is 2.08 bits per heavy atom. The van der Waals surface area contributed by atoms with Gasteiger partial charge in [0, 0.05) is 17.8 Å². The van der Waals surface area contributed by atoms with Crippen molar-refractivity contribution in [2.24, 2.45) is 0 Å². The van der Waals surface area contributed by atoms with Crippen LogP contribution in [0.25, 0.3) is 0 Å². The summed E-state index contributed by atoms with van der Waals surface area (Å²) in [5, 5.41) is 0. The number of hydrogen-bond donors (Lipinski definition) is 0. The molecular weight excluding hydrogens is 162 g/mol. The van der Waals surface area contributed by atoms with Crippen molar-refractivity contribution in [3.05, 3.63) is 33.7 Å². The zero-order valence-corrected chi connectivity index (χ0v) is 8.79. The van der Waals surface area contributed by atoms with E-state index in [0.717, 1.165) is 17.5 Å². The van der Waals surface area contributed by atoms with Gasteiger partial charge in [0.1, 0.15) is 0 Å². The first-order valence-corrected chi connectivity index (χ1v) is 4.78. The summed E-state index contributed by atoms with van der Waals surface area (Å²) in [6, 6.07) is 2.22. The Bertz CT molecular complexity index is 350. The molecule has 0 saturated carbocycles. The Labute approximate surface area is 79.2 Å². The van der Waals surface area contributed by atoms with E-state index in [1.807, 2.05) is 40.0 Å². The van der Waals surface area contributed by atoms with Crippen LogP contribution in [0.1, 0.15) is 37.9 Å². The van der Waals surface area contributed by atoms with Crippen molar-refractivity contribution in [2.45, 2.75) is 40.2 Å². The van der Waals surface area contributed by atoms with Gasteiger partial charge in [0.2, 0.25) is 0 Å². The summed E-state index contributed by atoms with van der Waals surface area (Å²) in [7, 11) is 0. The third-order valence-electron chi connectivity index (χ3n) is 2.19. The molecular formula is C11H17NO. The Balaban J connectivity index is 3.36. The van der Waals surface area contributed by atoms with Gasteiger partial charge in [0.15, 0.2) is 0 Å². The predicted molar refractivity (Wildman–Crippen MR) is 55.2 cm³/mol. The molecule has 1 rings (SSSR count). The second-order valence-corrected chi connectivity index (χ2v) is 3.70. The summed E-state index contributed by atoms with van der Waals surface area (Å²) in [4.78, 5) is 11.8. The van der Waals surface area contributed by atoms with Gasteiger partial charge in [-0.1, -0.05) is 6.92 Å². The van der Waals surface area contributed by atoms with Crippen LogP contribution in [0.15, 0.2) is 17.1 Å². The summed E-state index contributed by atoms with van der Waals surface area (Å²) in [5.74, 6) is 0. The van der Waals surface area contributed by atoms with Crippen LogP contribution in [0.3, 0.4) is 0 Å². The van der Waals surface area contributed by atoms with Gasteiger partial charge in [-0.15, -0.1) is 0 Å². The van der Waals surface area contributed by atoms with Gasteiger partial charge in [0.05, 0.1) is 0 Å². The first-order chi connectivity index (χ1) is 6.06. The molecule has 0 atom stereocenters. The Morgan fingerprint density at radius 3 is 2.54 bits per heavy atom. The lowest BCUT2D eigenvalue weighted by molar-refractivity contribution is 0.571. The van der Waals surface area contributed by atoms with E-state index >= 15 is 0 Å². The van der Waals surface area contributed by atoms with Gasteiger partial charge < -0.3 is 4.57 Å². The zero-order chi connectivity index (χ0) is 10.0. The highest BCUT2D eigenvalue weighted by atomic mass is 16.1. The number of aryl methyl sites for hydroxylation is 2. The summed E-state index contributed by atoms with van der Waals surface area (Å²) in [5.41, 5.74) is 2.22. The van der Waals surface area contributed by atoms with Crippen LogP contribution < -0.4 is 5.56 Å². The normalized spacial score (nSPS) is 10.8. The molecule has 2 heteroatoms. The Kier molecular flexibility index (Phi) is 2.91. The van der Waals surface area contributed by atoms with Crippen molar-refractivity contribution in [3.63, 3.8) is 0 Å². The number of hydrogen-bond acceptors (Lipinski definition) is 1. The van der Waals surface area contributed by atoms with E-state index < -0.39 is 0 Å². The number of aromatic nitrogens is 1. The molecule has 0 N–H and O–H groups in total. The largest absolute Gasteiger partial charge is 0.313 e. The van der Waals surface area contributed by atoms with Crippen LogP contribution in [0, 0.1) is 6.92 Å². The summed E-state index contributed by atoms with van der Waals surface area (Å²) in [6.45, 7) is 8.10. The monoisotopic (exact) mass is 179 g/mol. The van der Waals surface area contributed by atoms with Crippen LogP contribution >= 0.6 is 0 Å². The molecule has 0 bridgehead atoms. The van der Waals surface area contributed by atoms with Crippen molar-refractivity contribution in [1.82, 2.24) is 4.57 Å². The molecule has 0 saturated heterocycles. The third kappa shape index (κ3) is 2.00. The molecule has 13 heavy (non-hydrogen) atoms. The first kappa shape index (κ1) is 10.0. The van der Waals surface area contributed by atoms with Crippen LogP contribution in [-0.4, -0.2) is 4.57 Å². The van der Waals surface area contributed by atoms with E-state index in [4.69, 9.17) is 0 Å². The van der Waals surface area contributed by atoms with Gasteiger partial charge in [0.25, 0.3) is 5.56 Å². The molecule has 0 amide bonds. The maximum atomic E-state index is 11.8. The van der Waals surface area contributed by atoms with Crippen molar-refractivity contribution in [1.29, 1.82) is 0 Å². The quantitative estimate of drug-likeness (QED) is 0.682. The van der Waals surface area contributed by atoms with E-state index in [1.165, 1.54) is 0 Å². The zero-order valence-electron chi connectivity index (χ0n) is 8.79. The van der Waals surface area contributed by atoms with Crippen molar-refractivity contribution in [3.8, 4) is 0 Å². The highest BCUT2D eigenvalue weighted by Gasteiger charge is 2.05. The molecule has 0 aliphatic carbocycles. The molecule has 0 unspecified atom stereocenters. The van der Waals surface area contributed by atoms with E-state index in [2.05, 4.69) is 0 Å². The number of nitrogens with zero attached hydrogens (tertiary/aromatic N) is 1. The van der Waals surface area contributed by atoms with Gasteiger partial charge in [-0.25, -0.2) is 0 Å². The van der Waals surface area contributed by atoms with Crippen LogP contribution in [0.4, 0.5) is 0 Å². The fraction of sp³-hybridized carbons (Fsp3) is 0.545. The van der Waals surface area contributed by atoms with E-state index in [1.54, 1.807) is 4.57 Å². The number of pyridine rings is 1. The SMILES string of the molecule is CCc1cc(C)cn(C(C)C)c1=O. The third-order valence-corrected chi connectivity index (χ3v) is 2.19. The van der Waals surface area contributed by atoms with Gasteiger partial charge >= 0.3 is 0 Å². The highest BCUT2D eigenvalue weighted by molar-refractivity contribution is 5.18. The van der Waals surface area contributed by atoms with E-state index in [-0.39, 0.29) is 11.6 Å². The molecule has 0 spiro atoms. The molecule has 1 aromatic rings. The average molecular weight is 179 g/mol. The van der Waals surface area contributed by atoms with Crippen LogP contribution in [0.5, 0.6) is 0 Å². The molecule has 0 aromatic carbocycles. The first-order valence-electron chi connectivity index (χ1n) is 4.78. The Hall–Kier alpha value is -1.05. The second kappa shape index (κ2) is 3.77. The minimum Gasteiger partial charge on any atom is -0.313 e. The second-order valence-electron chi connectivity index (χ2n) is 3.70. The fourth-order valence-electron chi connectivity index (χ4n) is 1.45. The van der Waals surface area contributed by atoms with Crippen molar-refractivity contribution in [2.75, 3.05) is 0 Å². The van der Waals surface area contributed by atoms with E-state index in [0.29, 0.717) is 0 Å². The van der Waals surface area contributed by atoms with Crippen molar-refractivity contribution >= 4 is 0 Å². The summed E-state index contributed by atoms with van der Waals surface area (Å²) < 4.78 is 1.80. The van der Waals surface area contributed by atoms with Crippen molar-refractivity contribution < 1.29 is 0 Å². The number of rotatable bonds is 2. The molecule has 1 aromatic heterocycles. The fourth-order valence-corrected chi connectivity index (χ4v) is 1.45. The predicted octanol–water partition coefficient (Wildman–Crippen LogP) is 2.30. The molecule has 1 heterocycles. The van der Waals surface area contributed by atoms with Crippen LogP contribution in [0.2, 0.25) is 0 Å². The maximum absolute atomic E-state index is 11.8. The highest BCUT2D eigenvalue weighted by Crippen LogP contribution is 2.05. The molecule has 0 aliphatic rings. The van der Waals surface area contributed by atoms with Crippen LogP contribution in [-0.2, 0) is 6.42 Å². The molecule has 0 aliphatic heterocycles. The lowest BCUT2D eigenvalue weighted by atomic mass is 10.1. The molecule has 0 fully saturated rings. The van der Waals surface area contributed by atoms with Gasteiger partial charge in [-0.2, -0.15) is 0 Å². The molecule has 2 nitrogen and oxygen atoms in total. The summed E-state index contributed by atoms with van der Waals surface area (Å²) >= 11 is 0. The maximum Gasteiger partial charge on any atom is 0.253 e. The average Bonchev–Trinajstić information content (AvgIpc) is 2.08. The smallest absolute Gasteiger partial charge is 0.253 e. The van der Waals surface area contributed by atoms with Gasteiger partial charge in [-0.05, 0) is 38.8 Å². The summed E-state index contributed by atoms with van der Waals surface area (Å²) in [6.07, 6.45) is 2.74. The minimum atomic E-state index is 0.156.